The van der Waals surface area contributed by atoms with E-state index in [1.165, 1.54) is 11.3 Å². The molecule has 0 spiro atoms. The summed E-state index contributed by atoms with van der Waals surface area (Å²) in [5, 5.41) is 2.29. The lowest BCUT2D eigenvalue weighted by molar-refractivity contribution is -0.139. The molecular weight excluding hydrogens is 560 g/mol. The van der Waals surface area contributed by atoms with Crippen molar-refractivity contribution in [2.24, 2.45) is 4.99 Å². The Bertz CT molecular complexity index is 2050. The maximum absolute atomic E-state index is 14.1. The van der Waals surface area contributed by atoms with Crippen LogP contribution in [-0.4, -0.2) is 24.3 Å². The Morgan fingerprint density at radius 3 is 2.49 bits per heavy atom. The minimum Gasteiger partial charge on any atom is -0.496 e. The Kier molecular flexibility index (Phi) is 7.94. The van der Waals surface area contributed by atoms with E-state index in [4.69, 9.17) is 14.2 Å². The zero-order chi connectivity index (χ0) is 29.9. The smallest absolute Gasteiger partial charge is 0.338 e. The first-order chi connectivity index (χ1) is 21.0. The van der Waals surface area contributed by atoms with Gasteiger partial charge in [0.1, 0.15) is 24.1 Å². The standard InChI is InChI=1S/C35H30N2O5S/c1-4-41-34(39)31-22(2)36-35-37(32(31)27-17-8-10-19-29(27)40-3)33(38)30(43-35)20-24-13-6-9-18-28(24)42-21-25-15-11-14-23-12-5-7-16-26(23)25/h5-20,32H,4,21H2,1-3H3/b30-20+. The predicted molar refractivity (Wildman–Crippen MR) is 168 cm³/mol. The first-order valence-corrected chi connectivity index (χ1v) is 14.8. The van der Waals surface area contributed by atoms with Crippen molar-refractivity contribution in [2.45, 2.75) is 26.5 Å². The van der Waals surface area contributed by atoms with Gasteiger partial charge in [-0.3, -0.25) is 9.36 Å². The van der Waals surface area contributed by atoms with Crippen LogP contribution < -0.4 is 24.4 Å². The largest absolute Gasteiger partial charge is 0.496 e. The molecule has 1 aliphatic heterocycles. The van der Waals surface area contributed by atoms with E-state index in [1.54, 1.807) is 25.5 Å². The SMILES string of the molecule is CCOC(=O)C1=C(C)N=c2s/c(=C/c3ccccc3OCc3cccc4ccccc34)c(=O)n2C1c1ccccc1OC. The van der Waals surface area contributed by atoms with Crippen LogP contribution in [0.2, 0.25) is 0 Å². The Hall–Kier alpha value is -4.95. The Labute approximate surface area is 252 Å². The molecule has 43 heavy (non-hydrogen) atoms. The van der Waals surface area contributed by atoms with Crippen LogP contribution in [0.1, 0.15) is 36.6 Å². The fourth-order valence-electron chi connectivity index (χ4n) is 5.42. The van der Waals surface area contributed by atoms with E-state index in [0.29, 0.717) is 44.3 Å². The molecule has 1 atom stereocenters. The summed E-state index contributed by atoms with van der Waals surface area (Å²) in [6.45, 7) is 4.10. The Morgan fingerprint density at radius 2 is 1.67 bits per heavy atom. The number of carbonyl (C=O) groups is 1. The third-order valence-electron chi connectivity index (χ3n) is 7.42. The lowest BCUT2D eigenvalue weighted by Crippen LogP contribution is -2.40. The van der Waals surface area contributed by atoms with Crippen LogP contribution in [0.4, 0.5) is 0 Å². The van der Waals surface area contributed by atoms with Gasteiger partial charge >= 0.3 is 5.97 Å². The van der Waals surface area contributed by atoms with Gasteiger partial charge in [-0.2, -0.15) is 0 Å². The number of methoxy groups -OCH3 is 1. The second-order valence-electron chi connectivity index (χ2n) is 10.0. The molecule has 0 fully saturated rings. The van der Waals surface area contributed by atoms with Crippen molar-refractivity contribution >= 4 is 34.2 Å². The minimum atomic E-state index is -0.758. The molecule has 0 bridgehead atoms. The zero-order valence-corrected chi connectivity index (χ0v) is 24.9. The number of esters is 1. The highest BCUT2D eigenvalue weighted by Crippen LogP contribution is 2.35. The number of hydrogen-bond donors (Lipinski definition) is 0. The lowest BCUT2D eigenvalue weighted by atomic mass is 9.95. The Balaban J connectivity index is 1.44. The van der Waals surface area contributed by atoms with E-state index in [1.807, 2.05) is 72.8 Å². The highest BCUT2D eigenvalue weighted by molar-refractivity contribution is 7.07. The molecule has 7 nitrogen and oxygen atoms in total. The summed E-state index contributed by atoms with van der Waals surface area (Å²) in [6, 6.07) is 28.6. The second kappa shape index (κ2) is 12.1. The van der Waals surface area contributed by atoms with Crippen LogP contribution in [0.3, 0.4) is 0 Å². The van der Waals surface area contributed by atoms with Crippen molar-refractivity contribution in [1.29, 1.82) is 0 Å². The topological polar surface area (TPSA) is 79.1 Å². The molecule has 1 aliphatic rings. The molecule has 1 aromatic heterocycles. The van der Waals surface area contributed by atoms with Crippen LogP contribution in [0, 0.1) is 0 Å². The molecule has 0 aliphatic carbocycles. The van der Waals surface area contributed by atoms with Crippen molar-refractivity contribution in [2.75, 3.05) is 13.7 Å². The maximum Gasteiger partial charge on any atom is 0.338 e. The number of allylic oxidation sites excluding steroid dienone is 1. The third-order valence-corrected chi connectivity index (χ3v) is 8.40. The quantitative estimate of drug-likeness (QED) is 0.222. The molecule has 8 heteroatoms. The summed E-state index contributed by atoms with van der Waals surface area (Å²) in [7, 11) is 1.57. The van der Waals surface area contributed by atoms with Gasteiger partial charge in [0.2, 0.25) is 0 Å². The minimum absolute atomic E-state index is 0.203. The molecule has 0 saturated heterocycles. The van der Waals surface area contributed by atoms with Gasteiger partial charge in [0.25, 0.3) is 5.56 Å². The van der Waals surface area contributed by atoms with Crippen LogP contribution in [0.25, 0.3) is 16.8 Å². The number of para-hydroxylation sites is 2. The Morgan fingerprint density at radius 1 is 0.953 bits per heavy atom. The molecule has 216 valence electrons. The van der Waals surface area contributed by atoms with E-state index in [0.717, 1.165) is 21.9 Å². The summed E-state index contributed by atoms with van der Waals surface area (Å²) in [5.74, 6) is 0.706. The average molecular weight is 591 g/mol. The molecule has 0 N–H and O–H groups in total. The fraction of sp³-hybridized carbons (Fsp3) is 0.171. The molecule has 1 unspecified atom stereocenters. The van der Waals surface area contributed by atoms with Crippen molar-refractivity contribution in [1.82, 2.24) is 4.57 Å². The maximum atomic E-state index is 14.1. The van der Waals surface area contributed by atoms with Crippen molar-refractivity contribution < 1.29 is 19.0 Å². The summed E-state index contributed by atoms with van der Waals surface area (Å²) < 4.78 is 19.4. The first-order valence-electron chi connectivity index (χ1n) is 14.0. The van der Waals surface area contributed by atoms with E-state index in [9.17, 15) is 9.59 Å². The van der Waals surface area contributed by atoms with E-state index < -0.39 is 12.0 Å². The van der Waals surface area contributed by atoms with Gasteiger partial charge in [-0.25, -0.2) is 9.79 Å². The number of carbonyl (C=O) groups excluding carboxylic acids is 1. The van der Waals surface area contributed by atoms with Crippen molar-refractivity contribution in [3.8, 4) is 11.5 Å². The third kappa shape index (κ3) is 5.37. The number of aromatic nitrogens is 1. The zero-order valence-electron chi connectivity index (χ0n) is 24.1. The highest BCUT2D eigenvalue weighted by atomic mass is 32.1. The first kappa shape index (κ1) is 28.2. The predicted octanol–water partition coefficient (Wildman–Crippen LogP) is 5.54. The molecule has 0 saturated carbocycles. The summed E-state index contributed by atoms with van der Waals surface area (Å²) in [4.78, 5) is 32.5. The molecule has 0 radical (unpaired) electrons. The molecular formula is C35H30N2O5S. The number of ether oxygens (including phenoxy) is 3. The number of nitrogens with zero attached hydrogens (tertiary/aromatic N) is 2. The van der Waals surface area contributed by atoms with Gasteiger partial charge in [0, 0.05) is 11.1 Å². The number of benzene rings is 4. The molecule has 4 aromatic carbocycles. The molecule has 2 heterocycles. The number of thiazole rings is 1. The van der Waals surface area contributed by atoms with Crippen LogP contribution in [0.5, 0.6) is 11.5 Å². The fourth-order valence-corrected chi connectivity index (χ4v) is 6.46. The second-order valence-corrected chi connectivity index (χ2v) is 11.0. The lowest BCUT2D eigenvalue weighted by Gasteiger charge is -2.25. The summed E-state index contributed by atoms with van der Waals surface area (Å²) in [5.41, 5.74) is 3.06. The number of fused-ring (bicyclic) bond motifs is 2. The van der Waals surface area contributed by atoms with Crippen LogP contribution in [-0.2, 0) is 16.1 Å². The van der Waals surface area contributed by atoms with E-state index in [-0.39, 0.29) is 12.2 Å². The summed E-state index contributed by atoms with van der Waals surface area (Å²) >= 11 is 1.27. The van der Waals surface area contributed by atoms with Crippen LogP contribution in [0.15, 0.2) is 112 Å². The van der Waals surface area contributed by atoms with Gasteiger partial charge in [0.05, 0.1) is 29.5 Å². The monoisotopic (exact) mass is 590 g/mol. The van der Waals surface area contributed by atoms with Gasteiger partial charge < -0.3 is 14.2 Å². The average Bonchev–Trinajstić information content (AvgIpc) is 3.33. The molecule has 6 rings (SSSR count). The number of rotatable bonds is 8. The van der Waals surface area contributed by atoms with E-state index in [2.05, 4.69) is 29.3 Å². The summed E-state index contributed by atoms with van der Waals surface area (Å²) in [6.07, 6.45) is 1.82. The van der Waals surface area contributed by atoms with E-state index >= 15 is 0 Å². The van der Waals surface area contributed by atoms with Gasteiger partial charge in [-0.05, 0) is 48.4 Å². The van der Waals surface area contributed by atoms with Gasteiger partial charge in [0.15, 0.2) is 4.80 Å². The number of hydrogen-bond acceptors (Lipinski definition) is 7. The van der Waals surface area contributed by atoms with Crippen molar-refractivity contribution in [3.63, 3.8) is 0 Å². The molecule has 5 aromatic rings. The normalized spacial score (nSPS) is 14.8. The molecule has 0 amide bonds. The van der Waals surface area contributed by atoms with Gasteiger partial charge in [-0.1, -0.05) is 90.2 Å². The van der Waals surface area contributed by atoms with Gasteiger partial charge in [-0.15, -0.1) is 0 Å². The van der Waals surface area contributed by atoms with Crippen molar-refractivity contribution in [3.05, 3.63) is 139 Å². The highest BCUT2D eigenvalue weighted by Gasteiger charge is 2.35. The van der Waals surface area contributed by atoms with Crippen LogP contribution >= 0.6 is 11.3 Å².